The number of benzene rings is 3. The van der Waals surface area contributed by atoms with Gasteiger partial charge in [0.2, 0.25) is 0 Å². The number of rotatable bonds is 4. The molecule has 0 saturated heterocycles. The number of aryl methyl sites for hydroxylation is 1. The highest BCUT2D eigenvalue weighted by Crippen LogP contribution is 2.30. The highest BCUT2D eigenvalue weighted by molar-refractivity contribution is 14.1. The van der Waals surface area contributed by atoms with Gasteiger partial charge in [-0.05, 0) is 70.0 Å². The maximum atomic E-state index is 14.5. The van der Waals surface area contributed by atoms with E-state index in [-0.39, 0.29) is 11.6 Å². The monoisotopic (exact) mass is 452 g/mol. The molecule has 0 N–H and O–H groups in total. The summed E-state index contributed by atoms with van der Waals surface area (Å²) < 4.78 is 43.1. The van der Waals surface area contributed by atoms with Crippen LogP contribution in [0.3, 0.4) is 0 Å². The molecule has 0 spiro atoms. The van der Waals surface area contributed by atoms with Gasteiger partial charge in [0.15, 0.2) is 0 Å². The molecule has 0 aromatic heterocycles. The number of halogens is 4. The SMILES string of the molecule is CCCc1ccc(-c2ccc(-c3ccc(I)c(F)c3)c(F)c2)c(F)c1. The van der Waals surface area contributed by atoms with Crippen LogP contribution in [0.2, 0.25) is 0 Å². The van der Waals surface area contributed by atoms with Crippen molar-refractivity contribution in [2.45, 2.75) is 19.8 Å². The molecule has 128 valence electrons. The van der Waals surface area contributed by atoms with Crippen LogP contribution in [0, 0.1) is 21.0 Å². The summed E-state index contributed by atoms with van der Waals surface area (Å²) in [6.45, 7) is 2.04. The Kier molecular flexibility index (Phi) is 5.47. The third-order valence-corrected chi connectivity index (χ3v) is 4.96. The number of hydrogen-bond acceptors (Lipinski definition) is 0. The van der Waals surface area contributed by atoms with Gasteiger partial charge >= 0.3 is 0 Å². The summed E-state index contributed by atoms with van der Waals surface area (Å²) in [4.78, 5) is 0. The fraction of sp³-hybridized carbons (Fsp3) is 0.143. The van der Waals surface area contributed by atoms with E-state index in [0.29, 0.717) is 25.8 Å². The van der Waals surface area contributed by atoms with Gasteiger partial charge in [-0.3, -0.25) is 0 Å². The van der Waals surface area contributed by atoms with Crippen molar-refractivity contribution >= 4 is 22.6 Å². The third-order valence-electron chi connectivity index (χ3n) is 4.08. The van der Waals surface area contributed by atoms with Gasteiger partial charge in [0.1, 0.15) is 17.5 Å². The Morgan fingerprint density at radius 3 is 1.84 bits per heavy atom. The summed E-state index contributed by atoms with van der Waals surface area (Å²) in [5.74, 6) is -1.26. The first-order valence-electron chi connectivity index (χ1n) is 8.03. The van der Waals surface area contributed by atoms with Crippen LogP contribution in [0.5, 0.6) is 0 Å². The molecule has 0 aliphatic rings. The fourth-order valence-corrected chi connectivity index (χ4v) is 3.15. The first-order chi connectivity index (χ1) is 12.0. The van der Waals surface area contributed by atoms with Crippen LogP contribution in [0.15, 0.2) is 54.6 Å². The van der Waals surface area contributed by atoms with Gasteiger partial charge in [0.05, 0.1) is 0 Å². The zero-order valence-electron chi connectivity index (χ0n) is 13.6. The van der Waals surface area contributed by atoms with Crippen LogP contribution in [0.25, 0.3) is 22.3 Å². The lowest BCUT2D eigenvalue weighted by Gasteiger charge is -2.09. The predicted molar refractivity (Wildman–Crippen MR) is 104 cm³/mol. The summed E-state index contributed by atoms with van der Waals surface area (Å²) >= 11 is 1.88. The normalized spacial score (nSPS) is 10.9. The molecule has 3 aromatic rings. The second-order valence-corrected chi connectivity index (χ2v) is 7.05. The lowest BCUT2D eigenvalue weighted by Crippen LogP contribution is -1.92. The minimum Gasteiger partial charge on any atom is -0.206 e. The van der Waals surface area contributed by atoms with Gasteiger partial charge in [-0.1, -0.05) is 43.7 Å². The minimum absolute atomic E-state index is 0.294. The maximum absolute atomic E-state index is 14.5. The summed E-state index contributed by atoms with van der Waals surface area (Å²) in [7, 11) is 0. The van der Waals surface area contributed by atoms with Crippen molar-refractivity contribution in [2.75, 3.05) is 0 Å². The summed E-state index contributed by atoms with van der Waals surface area (Å²) in [5, 5.41) is 0. The molecule has 0 aliphatic carbocycles. The van der Waals surface area contributed by atoms with E-state index in [1.54, 1.807) is 30.3 Å². The average Bonchev–Trinajstić information content (AvgIpc) is 2.58. The van der Waals surface area contributed by atoms with E-state index in [0.717, 1.165) is 18.4 Å². The predicted octanol–water partition coefficient (Wildman–Crippen LogP) is 7.00. The maximum Gasteiger partial charge on any atom is 0.137 e. The highest BCUT2D eigenvalue weighted by atomic mass is 127. The molecule has 0 bridgehead atoms. The molecule has 0 nitrogen and oxygen atoms in total. The van der Waals surface area contributed by atoms with Gasteiger partial charge in [-0.25, -0.2) is 13.2 Å². The standard InChI is InChI=1S/C21H16F3I/c1-2-3-13-4-7-16(18(22)10-13)14-5-8-17(19(23)11-14)15-6-9-21(25)20(24)12-15/h4-12H,2-3H2,1H3. The Morgan fingerprint density at radius 1 is 0.720 bits per heavy atom. The number of hydrogen-bond donors (Lipinski definition) is 0. The Labute approximate surface area is 158 Å². The molecule has 0 saturated carbocycles. The zero-order valence-corrected chi connectivity index (χ0v) is 15.8. The van der Waals surface area contributed by atoms with Crippen LogP contribution in [0.4, 0.5) is 13.2 Å². The van der Waals surface area contributed by atoms with E-state index in [2.05, 4.69) is 0 Å². The van der Waals surface area contributed by atoms with Crippen molar-refractivity contribution in [2.24, 2.45) is 0 Å². The summed E-state index contributed by atoms with van der Waals surface area (Å²) in [5.41, 5.74) is 2.50. The first-order valence-corrected chi connectivity index (χ1v) is 9.11. The fourth-order valence-electron chi connectivity index (χ4n) is 2.82. The van der Waals surface area contributed by atoms with Crippen molar-refractivity contribution in [3.05, 3.63) is 81.2 Å². The summed E-state index contributed by atoms with van der Waals surface area (Å²) in [6.07, 6.45) is 1.75. The molecule has 3 aromatic carbocycles. The largest absolute Gasteiger partial charge is 0.206 e. The quantitative estimate of drug-likeness (QED) is 0.374. The molecule has 0 fully saturated rings. The van der Waals surface area contributed by atoms with Gasteiger partial charge in [0, 0.05) is 14.7 Å². The Morgan fingerprint density at radius 2 is 1.28 bits per heavy atom. The van der Waals surface area contributed by atoms with Crippen molar-refractivity contribution in [3.63, 3.8) is 0 Å². The van der Waals surface area contributed by atoms with Crippen LogP contribution in [-0.2, 0) is 6.42 Å². The summed E-state index contributed by atoms with van der Waals surface area (Å²) in [6, 6.07) is 14.1. The van der Waals surface area contributed by atoms with Gasteiger partial charge in [-0.15, -0.1) is 0 Å². The van der Waals surface area contributed by atoms with Gasteiger partial charge in [0.25, 0.3) is 0 Å². The van der Waals surface area contributed by atoms with Crippen LogP contribution in [-0.4, -0.2) is 0 Å². The van der Waals surface area contributed by atoms with E-state index in [4.69, 9.17) is 0 Å². The first kappa shape index (κ1) is 18.0. The van der Waals surface area contributed by atoms with Crippen molar-refractivity contribution in [1.29, 1.82) is 0 Å². The lowest BCUT2D eigenvalue weighted by atomic mass is 9.98. The molecule has 0 atom stereocenters. The third kappa shape index (κ3) is 3.89. The lowest BCUT2D eigenvalue weighted by molar-refractivity contribution is 0.618. The van der Waals surface area contributed by atoms with E-state index in [1.807, 2.05) is 35.6 Å². The smallest absolute Gasteiger partial charge is 0.137 e. The second-order valence-electron chi connectivity index (χ2n) is 5.89. The van der Waals surface area contributed by atoms with E-state index in [1.165, 1.54) is 18.2 Å². The molecule has 0 amide bonds. The minimum atomic E-state index is -0.504. The van der Waals surface area contributed by atoms with Crippen molar-refractivity contribution in [1.82, 2.24) is 0 Å². The molecule has 0 unspecified atom stereocenters. The molecular formula is C21H16F3I. The van der Waals surface area contributed by atoms with Crippen LogP contribution in [0.1, 0.15) is 18.9 Å². The zero-order chi connectivity index (χ0) is 18.0. The van der Waals surface area contributed by atoms with Crippen molar-refractivity contribution < 1.29 is 13.2 Å². The van der Waals surface area contributed by atoms with Gasteiger partial charge < -0.3 is 0 Å². The molecule has 3 rings (SSSR count). The molecule has 25 heavy (non-hydrogen) atoms. The molecule has 0 aliphatic heterocycles. The average molecular weight is 452 g/mol. The van der Waals surface area contributed by atoms with E-state index >= 15 is 0 Å². The van der Waals surface area contributed by atoms with E-state index < -0.39 is 5.82 Å². The van der Waals surface area contributed by atoms with E-state index in [9.17, 15) is 13.2 Å². The van der Waals surface area contributed by atoms with Gasteiger partial charge in [-0.2, -0.15) is 0 Å². The Hall–Kier alpha value is -1.82. The molecular weight excluding hydrogens is 436 g/mol. The van der Waals surface area contributed by atoms with Crippen LogP contribution >= 0.6 is 22.6 Å². The molecule has 0 radical (unpaired) electrons. The van der Waals surface area contributed by atoms with Crippen molar-refractivity contribution in [3.8, 4) is 22.3 Å². The molecule has 0 heterocycles. The second kappa shape index (κ2) is 7.60. The Balaban J connectivity index is 1.98. The topological polar surface area (TPSA) is 0 Å². The Bertz CT molecular complexity index is 919. The molecule has 4 heteroatoms. The highest BCUT2D eigenvalue weighted by Gasteiger charge is 2.12. The van der Waals surface area contributed by atoms with Crippen LogP contribution < -0.4 is 0 Å².